The lowest BCUT2D eigenvalue weighted by Crippen LogP contribution is -2.11. The monoisotopic (exact) mass is 332 g/mol. The second-order valence-corrected chi connectivity index (χ2v) is 4.70. The van der Waals surface area contributed by atoms with E-state index in [1.807, 2.05) is 0 Å². The summed E-state index contributed by atoms with van der Waals surface area (Å²) >= 11 is 3.54. The van der Waals surface area contributed by atoms with Crippen molar-refractivity contribution in [3.8, 4) is 0 Å². The summed E-state index contributed by atoms with van der Waals surface area (Å²) in [6, 6.07) is 0. The predicted molar refractivity (Wildman–Crippen MR) is 57.8 cm³/mol. The lowest BCUT2D eigenvalue weighted by molar-refractivity contribution is 0.0683. The Labute approximate surface area is 106 Å². The van der Waals surface area contributed by atoms with Crippen molar-refractivity contribution in [2.75, 3.05) is 11.1 Å². The molecule has 0 saturated carbocycles. The molecule has 0 saturated heterocycles. The van der Waals surface area contributed by atoms with Crippen LogP contribution in [0.4, 0.5) is 17.6 Å². The summed E-state index contributed by atoms with van der Waals surface area (Å²) in [6.07, 6.45) is 0. The predicted octanol–water partition coefficient (Wildman–Crippen LogP) is 3.43. The molecule has 0 aliphatic rings. The number of halogens is 5. The highest BCUT2D eigenvalue weighted by atomic mass is 79.9. The van der Waals surface area contributed by atoms with E-state index in [0.717, 1.165) is 0 Å². The summed E-state index contributed by atoms with van der Waals surface area (Å²) in [4.78, 5) is 9.59. The van der Waals surface area contributed by atoms with E-state index < -0.39 is 39.7 Å². The van der Waals surface area contributed by atoms with Gasteiger partial charge in [-0.1, -0.05) is 15.9 Å². The molecule has 0 unspecified atom stereocenters. The van der Waals surface area contributed by atoms with Gasteiger partial charge in [0.15, 0.2) is 23.3 Å². The molecule has 1 aromatic carbocycles. The second kappa shape index (κ2) is 5.72. The zero-order chi connectivity index (χ0) is 13.2. The molecular formula is C9H5BrF4O2S. The molecule has 8 heteroatoms. The molecule has 0 aromatic heterocycles. The third-order valence-corrected chi connectivity index (χ3v) is 3.74. The fraction of sp³-hybridized carbons (Fsp3) is 0.222. The Morgan fingerprint density at radius 2 is 1.59 bits per heavy atom. The van der Waals surface area contributed by atoms with E-state index in [1.165, 1.54) is 0 Å². The zero-order valence-corrected chi connectivity index (χ0v) is 10.5. The molecule has 0 bridgehead atoms. The summed E-state index contributed by atoms with van der Waals surface area (Å²) in [5.41, 5.74) is -1.62. The molecule has 0 atom stereocenters. The maximum absolute atomic E-state index is 13.3. The van der Waals surface area contributed by atoms with Crippen molar-refractivity contribution in [1.82, 2.24) is 0 Å². The number of hydrogen-bond acceptors (Lipinski definition) is 2. The van der Waals surface area contributed by atoms with Gasteiger partial charge in [0.2, 0.25) is 0 Å². The quantitative estimate of drug-likeness (QED) is 0.397. The highest BCUT2D eigenvalue weighted by Gasteiger charge is 2.29. The van der Waals surface area contributed by atoms with Crippen LogP contribution in [0, 0.1) is 23.3 Å². The molecule has 94 valence electrons. The largest absolute Gasteiger partial charge is 0.477 e. The van der Waals surface area contributed by atoms with Gasteiger partial charge in [0.25, 0.3) is 0 Å². The van der Waals surface area contributed by atoms with Gasteiger partial charge in [0.1, 0.15) is 5.56 Å². The molecule has 0 aliphatic heterocycles. The summed E-state index contributed by atoms with van der Waals surface area (Å²) in [6.45, 7) is 0. The minimum Gasteiger partial charge on any atom is -0.477 e. The number of rotatable bonds is 4. The molecule has 0 radical (unpaired) electrons. The lowest BCUT2D eigenvalue weighted by atomic mass is 10.2. The fourth-order valence-electron chi connectivity index (χ4n) is 1.07. The highest BCUT2D eigenvalue weighted by molar-refractivity contribution is 9.09. The van der Waals surface area contributed by atoms with Crippen LogP contribution in [0.3, 0.4) is 0 Å². The number of carbonyl (C=O) groups is 1. The van der Waals surface area contributed by atoms with Crippen LogP contribution in [0.15, 0.2) is 4.90 Å². The SMILES string of the molecule is O=C(O)c1c(F)c(F)c(SCCBr)c(F)c1F. The van der Waals surface area contributed by atoms with Crippen molar-refractivity contribution in [2.45, 2.75) is 4.90 Å². The van der Waals surface area contributed by atoms with Crippen LogP contribution in [0.25, 0.3) is 0 Å². The summed E-state index contributed by atoms with van der Waals surface area (Å²) in [7, 11) is 0. The molecule has 0 amide bonds. The summed E-state index contributed by atoms with van der Waals surface area (Å²) in [5.74, 6) is -9.05. The first kappa shape index (κ1) is 14.3. The zero-order valence-electron chi connectivity index (χ0n) is 8.07. The third kappa shape index (κ3) is 2.74. The van der Waals surface area contributed by atoms with E-state index in [4.69, 9.17) is 5.11 Å². The smallest absolute Gasteiger partial charge is 0.341 e. The first-order valence-corrected chi connectivity index (χ1v) is 6.30. The van der Waals surface area contributed by atoms with Gasteiger partial charge < -0.3 is 5.11 Å². The molecule has 17 heavy (non-hydrogen) atoms. The van der Waals surface area contributed by atoms with Gasteiger partial charge in [0, 0.05) is 11.1 Å². The van der Waals surface area contributed by atoms with Crippen LogP contribution in [0.5, 0.6) is 0 Å². The average Bonchev–Trinajstić information content (AvgIpc) is 2.26. The van der Waals surface area contributed by atoms with Gasteiger partial charge in [-0.2, -0.15) is 0 Å². The Bertz CT molecular complexity index is 438. The second-order valence-electron chi connectivity index (χ2n) is 2.80. The topological polar surface area (TPSA) is 37.3 Å². The molecule has 2 nitrogen and oxygen atoms in total. The maximum Gasteiger partial charge on any atom is 0.341 e. The number of aromatic carboxylic acids is 1. The maximum atomic E-state index is 13.3. The van der Waals surface area contributed by atoms with E-state index in [1.54, 1.807) is 0 Å². The number of thioether (sulfide) groups is 1. The van der Waals surface area contributed by atoms with Gasteiger partial charge in [0.05, 0.1) is 4.90 Å². The number of hydrogen-bond donors (Lipinski definition) is 1. The molecule has 1 rings (SSSR count). The van der Waals surface area contributed by atoms with Gasteiger partial charge >= 0.3 is 5.97 Å². The van der Waals surface area contributed by atoms with Crippen molar-refractivity contribution >= 4 is 33.7 Å². The molecule has 0 aliphatic carbocycles. The van der Waals surface area contributed by atoms with Crippen LogP contribution >= 0.6 is 27.7 Å². The van der Waals surface area contributed by atoms with Crippen LogP contribution in [-0.2, 0) is 0 Å². The minimum absolute atomic E-state index is 0.180. The Kier molecular flexibility index (Phi) is 4.81. The number of alkyl halides is 1. The van der Waals surface area contributed by atoms with E-state index in [2.05, 4.69) is 15.9 Å². The first-order valence-electron chi connectivity index (χ1n) is 4.19. The van der Waals surface area contributed by atoms with Crippen LogP contribution in [0.2, 0.25) is 0 Å². The third-order valence-electron chi connectivity index (χ3n) is 1.76. The highest BCUT2D eigenvalue weighted by Crippen LogP contribution is 2.31. The van der Waals surface area contributed by atoms with Gasteiger partial charge in [-0.05, 0) is 0 Å². The van der Waals surface area contributed by atoms with Gasteiger partial charge in [-0.25, -0.2) is 22.4 Å². The average molecular weight is 333 g/mol. The fourth-order valence-corrected chi connectivity index (χ4v) is 2.27. The lowest BCUT2D eigenvalue weighted by Gasteiger charge is -2.08. The Morgan fingerprint density at radius 3 is 1.94 bits per heavy atom. The normalized spacial score (nSPS) is 10.6. The number of benzene rings is 1. The molecule has 0 heterocycles. The molecule has 0 fully saturated rings. The Hall–Kier alpha value is -0.760. The first-order chi connectivity index (χ1) is 7.91. The van der Waals surface area contributed by atoms with E-state index in [9.17, 15) is 22.4 Å². The summed E-state index contributed by atoms with van der Waals surface area (Å²) in [5, 5.41) is 8.80. The number of carboxylic acids is 1. The molecule has 1 N–H and O–H groups in total. The van der Waals surface area contributed by atoms with Crippen molar-refractivity contribution in [1.29, 1.82) is 0 Å². The molecular weight excluding hydrogens is 328 g/mol. The van der Waals surface area contributed by atoms with E-state index >= 15 is 0 Å². The van der Waals surface area contributed by atoms with Gasteiger partial charge in [-0.3, -0.25) is 0 Å². The Morgan fingerprint density at radius 1 is 1.12 bits per heavy atom. The molecule has 1 aromatic rings. The summed E-state index contributed by atoms with van der Waals surface area (Å²) < 4.78 is 53.0. The van der Waals surface area contributed by atoms with E-state index in [0.29, 0.717) is 17.1 Å². The van der Waals surface area contributed by atoms with Gasteiger partial charge in [-0.15, -0.1) is 11.8 Å². The van der Waals surface area contributed by atoms with Crippen LogP contribution in [-0.4, -0.2) is 22.2 Å². The molecule has 0 spiro atoms. The standard InChI is InChI=1S/C9H5BrF4O2S/c10-1-2-17-8-6(13)4(11)3(9(15)16)5(12)7(8)14/h1-2H2,(H,15,16). The Balaban J connectivity index is 3.41. The minimum atomic E-state index is -2.06. The van der Waals surface area contributed by atoms with Crippen molar-refractivity contribution < 1.29 is 27.5 Å². The number of carboxylic acid groups (broad SMARTS) is 1. The van der Waals surface area contributed by atoms with Crippen molar-refractivity contribution in [2.24, 2.45) is 0 Å². The van der Waals surface area contributed by atoms with E-state index in [-0.39, 0.29) is 5.75 Å². The van der Waals surface area contributed by atoms with Crippen molar-refractivity contribution in [3.05, 3.63) is 28.8 Å². The van der Waals surface area contributed by atoms with Crippen molar-refractivity contribution in [3.63, 3.8) is 0 Å². The van der Waals surface area contributed by atoms with Crippen LogP contribution < -0.4 is 0 Å². The van der Waals surface area contributed by atoms with Crippen LogP contribution in [0.1, 0.15) is 10.4 Å².